The highest BCUT2D eigenvalue weighted by atomic mass is 28.4. The number of hydrazone groups is 1. The Morgan fingerprint density at radius 3 is 1.71 bits per heavy atom. The van der Waals surface area contributed by atoms with Crippen molar-refractivity contribution < 1.29 is 4.79 Å². The van der Waals surface area contributed by atoms with E-state index in [4.69, 9.17) is 5.10 Å². The van der Waals surface area contributed by atoms with Crippen molar-refractivity contribution in [1.29, 1.82) is 0 Å². The van der Waals surface area contributed by atoms with E-state index in [9.17, 15) is 4.79 Å². The summed E-state index contributed by atoms with van der Waals surface area (Å²) >= 11 is 0. The van der Waals surface area contributed by atoms with Crippen LogP contribution in [0.4, 0.5) is 0 Å². The van der Waals surface area contributed by atoms with Gasteiger partial charge in [-0.3, -0.25) is 4.79 Å². The number of hydrogen-bond donors (Lipinski definition) is 0. The van der Waals surface area contributed by atoms with E-state index in [1.165, 1.54) is 0 Å². The molecule has 3 nitrogen and oxygen atoms in total. The molecule has 0 atom stereocenters. The maximum atomic E-state index is 11.2. The summed E-state index contributed by atoms with van der Waals surface area (Å²) < 4.78 is 2.38. The van der Waals surface area contributed by atoms with Gasteiger partial charge < -0.3 is 4.34 Å². The van der Waals surface area contributed by atoms with Crippen LogP contribution in [0.1, 0.15) is 26.7 Å². The van der Waals surface area contributed by atoms with E-state index in [1.807, 2.05) is 0 Å². The molecular formula is C12H28N2OSi2. The normalized spacial score (nSPS) is 13.8. The van der Waals surface area contributed by atoms with Gasteiger partial charge in [0.25, 0.3) is 0 Å². The molecule has 17 heavy (non-hydrogen) atoms. The zero-order valence-corrected chi connectivity index (χ0v) is 14.7. The maximum absolute atomic E-state index is 11.2. The lowest BCUT2D eigenvalue weighted by molar-refractivity contribution is -0.115. The second-order valence-corrected chi connectivity index (χ2v) is 16.5. The van der Waals surface area contributed by atoms with Crippen molar-refractivity contribution in [3.8, 4) is 0 Å². The summed E-state index contributed by atoms with van der Waals surface area (Å²) in [6.45, 7) is 17.6. The molecule has 0 aliphatic carbocycles. The topological polar surface area (TPSA) is 32.7 Å². The number of ketones is 1. The summed E-state index contributed by atoms with van der Waals surface area (Å²) in [5, 5.41) is 4.83. The SMILES string of the molecule is CC/C(CC(C)=O)=N\N([Si](C)(C)C)[Si](C)(C)C. The molecule has 0 unspecified atom stereocenters. The summed E-state index contributed by atoms with van der Waals surface area (Å²) in [6.07, 6.45) is 1.37. The van der Waals surface area contributed by atoms with E-state index in [1.54, 1.807) is 6.92 Å². The van der Waals surface area contributed by atoms with Gasteiger partial charge in [-0.25, -0.2) is 5.10 Å². The molecule has 0 N–H and O–H groups in total. The molecule has 0 spiro atoms. The number of Topliss-reactive ketones (excluding diaryl/α,β-unsaturated/α-hetero) is 1. The van der Waals surface area contributed by atoms with Crippen LogP contribution in [0.25, 0.3) is 0 Å². The van der Waals surface area contributed by atoms with Crippen LogP contribution >= 0.6 is 0 Å². The van der Waals surface area contributed by atoms with E-state index in [-0.39, 0.29) is 5.78 Å². The van der Waals surface area contributed by atoms with Crippen molar-refractivity contribution in [2.75, 3.05) is 0 Å². The van der Waals surface area contributed by atoms with Crippen molar-refractivity contribution in [1.82, 2.24) is 4.34 Å². The van der Waals surface area contributed by atoms with Gasteiger partial charge in [-0.1, -0.05) is 46.2 Å². The zero-order valence-electron chi connectivity index (χ0n) is 12.7. The Morgan fingerprint density at radius 1 is 1.06 bits per heavy atom. The minimum Gasteiger partial charge on any atom is -0.350 e. The molecule has 0 aromatic rings. The largest absolute Gasteiger partial charge is 0.350 e. The Balaban J connectivity index is 5.20. The first-order valence-electron chi connectivity index (χ1n) is 6.34. The Bertz CT molecular complexity index is 287. The van der Waals surface area contributed by atoms with Crippen molar-refractivity contribution in [2.45, 2.75) is 66.0 Å². The molecule has 0 saturated carbocycles. The fraction of sp³-hybridized carbons (Fsp3) is 0.833. The van der Waals surface area contributed by atoms with Crippen LogP contribution in [0.5, 0.6) is 0 Å². The van der Waals surface area contributed by atoms with Crippen molar-refractivity contribution in [3.05, 3.63) is 0 Å². The minimum absolute atomic E-state index is 0.205. The summed E-state index contributed by atoms with van der Waals surface area (Å²) in [7, 11) is -2.91. The standard InChI is InChI=1S/C12H28N2OSi2/c1-9-12(10-11(2)15)13-14(16(3,4)5)17(6,7)8/h9-10H2,1-8H3/b13-12+. The van der Waals surface area contributed by atoms with Crippen LogP contribution in [-0.2, 0) is 4.79 Å². The lowest BCUT2D eigenvalue weighted by Gasteiger charge is -2.42. The van der Waals surface area contributed by atoms with Gasteiger partial charge in [0, 0.05) is 12.1 Å². The average Bonchev–Trinajstić information content (AvgIpc) is 2.07. The Hall–Kier alpha value is -0.426. The van der Waals surface area contributed by atoms with E-state index in [0.29, 0.717) is 6.42 Å². The van der Waals surface area contributed by atoms with E-state index in [0.717, 1.165) is 12.1 Å². The number of rotatable bonds is 6. The highest BCUT2D eigenvalue weighted by Crippen LogP contribution is 2.20. The second kappa shape index (κ2) is 5.95. The number of hydrogen-bond acceptors (Lipinski definition) is 3. The first-order valence-corrected chi connectivity index (χ1v) is 13.2. The highest BCUT2D eigenvalue weighted by molar-refractivity contribution is 6.89. The van der Waals surface area contributed by atoms with E-state index < -0.39 is 16.5 Å². The zero-order chi connectivity index (χ0) is 13.9. The van der Waals surface area contributed by atoms with Gasteiger partial charge in [0.2, 0.25) is 0 Å². The lowest BCUT2D eigenvalue weighted by atomic mass is 10.2. The van der Waals surface area contributed by atoms with E-state index >= 15 is 0 Å². The summed E-state index contributed by atoms with van der Waals surface area (Å²) in [5.41, 5.74) is 1.03. The smallest absolute Gasteiger partial charge is 0.158 e. The molecule has 0 heterocycles. The van der Waals surface area contributed by atoms with Gasteiger partial charge >= 0.3 is 0 Å². The van der Waals surface area contributed by atoms with Crippen molar-refractivity contribution in [2.24, 2.45) is 5.10 Å². The molecule has 0 fully saturated rings. The monoisotopic (exact) mass is 272 g/mol. The van der Waals surface area contributed by atoms with Crippen LogP contribution in [0, 0.1) is 0 Å². The molecule has 0 aliphatic rings. The second-order valence-electron chi connectivity index (χ2n) is 6.55. The van der Waals surface area contributed by atoms with Crippen molar-refractivity contribution in [3.63, 3.8) is 0 Å². The summed E-state index contributed by atoms with van der Waals surface area (Å²) in [5.74, 6) is 0.205. The molecule has 0 amide bonds. The van der Waals surface area contributed by atoms with Gasteiger partial charge in [-0.05, 0) is 13.3 Å². The van der Waals surface area contributed by atoms with E-state index in [2.05, 4.69) is 50.5 Å². The quantitative estimate of drug-likeness (QED) is 0.419. The predicted molar refractivity (Wildman–Crippen MR) is 81.6 cm³/mol. The summed E-state index contributed by atoms with van der Waals surface area (Å²) in [6, 6.07) is 0. The fourth-order valence-corrected chi connectivity index (χ4v) is 10.9. The number of nitrogens with zero attached hydrogens (tertiary/aromatic N) is 2. The van der Waals surface area contributed by atoms with Crippen molar-refractivity contribution >= 4 is 28.0 Å². The summed E-state index contributed by atoms with van der Waals surface area (Å²) in [4.78, 5) is 11.2. The molecule has 0 aliphatic heterocycles. The van der Waals surface area contributed by atoms with Crippen LogP contribution in [0.3, 0.4) is 0 Å². The Morgan fingerprint density at radius 2 is 1.47 bits per heavy atom. The predicted octanol–water partition coefficient (Wildman–Crippen LogP) is 3.70. The van der Waals surface area contributed by atoms with Gasteiger partial charge in [0.1, 0.15) is 5.78 Å². The van der Waals surface area contributed by atoms with Gasteiger partial charge in [0.05, 0.1) is 0 Å². The highest BCUT2D eigenvalue weighted by Gasteiger charge is 2.33. The maximum Gasteiger partial charge on any atom is 0.158 e. The molecule has 5 heteroatoms. The Labute approximate surface area is 108 Å². The van der Waals surface area contributed by atoms with Gasteiger partial charge in [-0.2, -0.15) is 0 Å². The number of carbonyl (C=O) groups excluding carboxylic acids is 1. The molecule has 0 aromatic carbocycles. The minimum atomic E-state index is -1.46. The third kappa shape index (κ3) is 6.17. The van der Waals surface area contributed by atoms with Crippen LogP contribution in [0.15, 0.2) is 5.10 Å². The Kier molecular flexibility index (Phi) is 5.80. The third-order valence-electron chi connectivity index (χ3n) is 2.37. The average molecular weight is 273 g/mol. The van der Waals surface area contributed by atoms with Gasteiger partial charge in [-0.15, -0.1) is 0 Å². The number of carbonyl (C=O) groups is 1. The molecular weight excluding hydrogens is 244 g/mol. The lowest BCUT2D eigenvalue weighted by Crippen LogP contribution is -2.56. The first-order chi connectivity index (χ1) is 7.48. The third-order valence-corrected chi connectivity index (χ3v) is 9.14. The molecule has 100 valence electrons. The van der Waals surface area contributed by atoms with Crippen LogP contribution < -0.4 is 0 Å². The molecule has 0 saturated heterocycles. The fourth-order valence-electron chi connectivity index (χ4n) is 1.97. The molecule has 0 radical (unpaired) electrons. The molecule has 0 aromatic heterocycles. The van der Waals surface area contributed by atoms with Crippen LogP contribution in [-0.4, -0.2) is 32.3 Å². The first kappa shape index (κ1) is 16.6. The van der Waals surface area contributed by atoms with Gasteiger partial charge in [0.15, 0.2) is 16.5 Å². The molecule has 0 rings (SSSR count). The molecule has 0 bridgehead atoms. The van der Waals surface area contributed by atoms with Crippen LogP contribution in [0.2, 0.25) is 39.3 Å².